The fourth-order valence-corrected chi connectivity index (χ4v) is 3.90. The Morgan fingerprint density at radius 1 is 1.13 bits per heavy atom. The summed E-state index contributed by atoms with van der Waals surface area (Å²) < 4.78 is 18.9. The third-order valence-corrected chi connectivity index (χ3v) is 5.89. The Hall–Kier alpha value is -2.73. The molecule has 0 saturated carbocycles. The van der Waals surface area contributed by atoms with Crippen molar-refractivity contribution in [2.75, 3.05) is 39.8 Å². The molecule has 2 aromatic carbocycles. The first-order valence-corrected chi connectivity index (χ1v) is 10.9. The molecule has 1 aliphatic heterocycles. The van der Waals surface area contributed by atoms with E-state index in [1.54, 1.807) is 41.3 Å². The van der Waals surface area contributed by atoms with Crippen molar-refractivity contribution in [3.63, 3.8) is 0 Å². The van der Waals surface area contributed by atoms with E-state index in [0.29, 0.717) is 17.2 Å². The van der Waals surface area contributed by atoms with Gasteiger partial charge < -0.3 is 14.5 Å². The summed E-state index contributed by atoms with van der Waals surface area (Å²) in [4.78, 5) is 27.9. The molecule has 0 N–H and O–H groups in total. The second-order valence-electron chi connectivity index (χ2n) is 8.31. The molecule has 0 aliphatic carbocycles. The van der Waals surface area contributed by atoms with Crippen LogP contribution in [0.15, 0.2) is 48.5 Å². The Balaban J connectivity index is 1.35. The number of ketones is 1. The minimum atomic E-state index is -0.180. The highest BCUT2D eigenvalue weighted by molar-refractivity contribution is 5.94. The topological polar surface area (TPSA) is 49.9 Å². The molecular formula is C25H31FN2O3. The molecule has 1 aliphatic rings. The van der Waals surface area contributed by atoms with Crippen LogP contribution in [0, 0.1) is 11.7 Å². The number of hydrogen-bond donors (Lipinski definition) is 0. The molecule has 1 amide bonds. The number of likely N-dealkylation sites (N-methyl/N-ethyl adjacent to an activating group) is 1. The van der Waals surface area contributed by atoms with Gasteiger partial charge in [0.1, 0.15) is 11.6 Å². The summed E-state index contributed by atoms with van der Waals surface area (Å²) in [6.07, 6.45) is 2.95. The first kappa shape index (κ1) is 22.9. The lowest BCUT2D eigenvalue weighted by Crippen LogP contribution is -2.41. The van der Waals surface area contributed by atoms with Crippen molar-refractivity contribution in [2.45, 2.75) is 26.2 Å². The highest BCUT2D eigenvalue weighted by atomic mass is 19.1. The van der Waals surface area contributed by atoms with Gasteiger partial charge in [0.05, 0.1) is 0 Å². The van der Waals surface area contributed by atoms with E-state index in [-0.39, 0.29) is 24.1 Å². The number of carbonyl (C=O) groups excluding carboxylic acids is 2. The fourth-order valence-electron chi connectivity index (χ4n) is 3.90. The average Bonchev–Trinajstić information content (AvgIpc) is 2.77. The Labute approximate surface area is 183 Å². The number of amides is 1. The summed E-state index contributed by atoms with van der Waals surface area (Å²) in [7, 11) is 1.82. The van der Waals surface area contributed by atoms with Crippen molar-refractivity contribution in [3.8, 4) is 5.75 Å². The minimum Gasteiger partial charge on any atom is -0.484 e. The highest BCUT2D eigenvalue weighted by Crippen LogP contribution is 2.19. The predicted octanol–water partition coefficient (Wildman–Crippen LogP) is 3.82. The Kier molecular flexibility index (Phi) is 8.18. The number of halogens is 1. The van der Waals surface area contributed by atoms with Gasteiger partial charge in [0.2, 0.25) is 0 Å². The van der Waals surface area contributed by atoms with Crippen LogP contribution in [0.4, 0.5) is 4.39 Å². The summed E-state index contributed by atoms with van der Waals surface area (Å²) in [5, 5.41) is 0. The zero-order valence-corrected chi connectivity index (χ0v) is 18.4. The molecule has 0 unspecified atom stereocenters. The van der Waals surface area contributed by atoms with E-state index >= 15 is 0 Å². The van der Waals surface area contributed by atoms with Crippen LogP contribution in [0.25, 0.3) is 0 Å². The van der Waals surface area contributed by atoms with Crippen molar-refractivity contribution in [1.29, 1.82) is 0 Å². The Bertz CT molecular complexity index is 877. The van der Waals surface area contributed by atoms with Gasteiger partial charge in [0, 0.05) is 25.7 Å². The fraction of sp³-hybridized carbons (Fsp3) is 0.440. The molecule has 2 aromatic rings. The molecule has 6 heteroatoms. The smallest absolute Gasteiger partial charge is 0.260 e. The molecule has 5 nitrogen and oxygen atoms in total. The number of rotatable bonds is 9. The summed E-state index contributed by atoms with van der Waals surface area (Å²) >= 11 is 0. The summed E-state index contributed by atoms with van der Waals surface area (Å²) in [6, 6.07) is 13.6. The summed E-state index contributed by atoms with van der Waals surface area (Å²) in [5.74, 6) is 0.833. The number of carbonyl (C=O) groups is 2. The Morgan fingerprint density at radius 2 is 1.84 bits per heavy atom. The minimum absolute atomic E-state index is 0.00219. The van der Waals surface area contributed by atoms with Crippen molar-refractivity contribution in [1.82, 2.24) is 9.80 Å². The van der Waals surface area contributed by atoms with Crippen molar-refractivity contribution in [3.05, 3.63) is 65.5 Å². The number of nitrogens with zero attached hydrogens (tertiary/aromatic N) is 2. The number of ether oxygens (including phenoxy) is 1. The number of piperidine rings is 1. The van der Waals surface area contributed by atoms with Gasteiger partial charge in [-0.2, -0.15) is 0 Å². The van der Waals surface area contributed by atoms with Crippen LogP contribution in [-0.4, -0.2) is 61.3 Å². The average molecular weight is 427 g/mol. The molecule has 0 bridgehead atoms. The van der Waals surface area contributed by atoms with Crippen LogP contribution in [-0.2, 0) is 11.2 Å². The highest BCUT2D eigenvalue weighted by Gasteiger charge is 2.22. The Morgan fingerprint density at radius 3 is 2.48 bits per heavy atom. The lowest BCUT2D eigenvalue weighted by molar-refractivity contribution is -0.132. The van der Waals surface area contributed by atoms with E-state index in [1.807, 2.05) is 13.1 Å². The normalized spacial score (nSPS) is 14.9. The number of Topliss-reactive ketones (excluding diaryl/α,β-unsaturated/α-hetero) is 1. The molecule has 0 aromatic heterocycles. The van der Waals surface area contributed by atoms with Gasteiger partial charge in [-0.05, 0) is 87.2 Å². The van der Waals surface area contributed by atoms with Gasteiger partial charge in [-0.25, -0.2) is 4.39 Å². The van der Waals surface area contributed by atoms with E-state index in [0.717, 1.165) is 51.0 Å². The first-order chi connectivity index (χ1) is 14.9. The standard InChI is InChI=1S/C25H31FN2O3/c1-19(29)22-6-8-24(9-7-22)31-18-25(30)27(2)17-21-11-14-28(15-12-21)13-10-20-4-3-5-23(26)16-20/h3-9,16,21H,10-15,17-18H2,1-2H3. The van der Waals surface area contributed by atoms with E-state index in [1.165, 1.54) is 13.0 Å². The van der Waals surface area contributed by atoms with Crippen LogP contribution >= 0.6 is 0 Å². The third kappa shape index (κ3) is 7.17. The molecule has 1 heterocycles. The van der Waals surface area contributed by atoms with E-state index in [2.05, 4.69) is 4.90 Å². The summed E-state index contributed by atoms with van der Waals surface area (Å²) in [5.41, 5.74) is 1.65. The van der Waals surface area contributed by atoms with Crippen LogP contribution < -0.4 is 4.74 Å². The number of likely N-dealkylation sites (tertiary alicyclic amines) is 1. The van der Waals surface area contributed by atoms with E-state index < -0.39 is 0 Å². The van der Waals surface area contributed by atoms with Gasteiger partial charge in [-0.1, -0.05) is 12.1 Å². The second-order valence-corrected chi connectivity index (χ2v) is 8.31. The van der Waals surface area contributed by atoms with Crippen molar-refractivity contribution >= 4 is 11.7 Å². The second kappa shape index (κ2) is 11.0. The monoisotopic (exact) mass is 426 g/mol. The molecule has 1 saturated heterocycles. The first-order valence-electron chi connectivity index (χ1n) is 10.9. The van der Waals surface area contributed by atoms with Gasteiger partial charge in [-0.3, -0.25) is 9.59 Å². The molecule has 0 radical (unpaired) electrons. The molecule has 1 fully saturated rings. The maximum absolute atomic E-state index is 13.3. The third-order valence-electron chi connectivity index (χ3n) is 5.89. The maximum Gasteiger partial charge on any atom is 0.260 e. The SMILES string of the molecule is CC(=O)c1ccc(OCC(=O)N(C)CC2CCN(CCc3cccc(F)c3)CC2)cc1. The zero-order chi connectivity index (χ0) is 22.2. The van der Waals surface area contributed by atoms with Gasteiger partial charge in [-0.15, -0.1) is 0 Å². The lowest BCUT2D eigenvalue weighted by atomic mass is 9.96. The molecule has 31 heavy (non-hydrogen) atoms. The van der Waals surface area contributed by atoms with Gasteiger partial charge >= 0.3 is 0 Å². The van der Waals surface area contributed by atoms with E-state index in [9.17, 15) is 14.0 Å². The van der Waals surface area contributed by atoms with Gasteiger partial charge in [0.25, 0.3) is 5.91 Å². The number of hydrogen-bond acceptors (Lipinski definition) is 4. The molecule has 166 valence electrons. The molecule has 3 rings (SSSR count). The predicted molar refractivity (Wildman–Crippen MR) is 119 cm³/mol. The maximum atomic E-state index is 13.3. The van der Waals surface area contributed by atoms with Crippen molar-refractivity contribution < 1.29 is 18.7 Å². The van der Waals surface area contributed by atoms with Gasteiger partial charge in [0.15, 0.2) is 12.4 Å². The summed E-state index contributed by atoms with van der Waals surface area (Å²) in [6.45, 7) is 5.16. The van der Waals surface area contributed by atoms with Crippen LogP contribution in [0.5, 0.6) is 5.75 Å². The largest absolute Gasteiger partial charge is 0.484 e. The van der Waals surface area contributed by atoms with Crippen molar-refractivity contribution in [2.24, 2.45) is 5.92 Å². The van der Waals surface area contributed by atoms with Crippen LogP contribution in [0.3, 0.4) is 0 Å². The van der Waals surface area contributed by atoms with Crippen LogP contribution in [0.2, 0.25) is 0 Å². The molecule has 0 spiro atoms. The zero-order valence-electron chi connectivity index (χ0n) is 18.4. The quantitative estimate of drug-likeness (QED) is 0.572. The molecular weight excluding hydrogens is 395 g/mol. The molecule has 0 atom stereocenters. The lowest BCUT2D eigenvalue weighted by Gasteiger charge is -2.34. The van der Waals surface area contributed by atoms with Crippen LogP contribution in [0.1, 0.15) is 35.7 Å². The van der Waals surface area contributed by atoms with E-state index in [4.69, 9.17) is 4.74 Å². The number of benzene rings is 2.